The molecule has 0 bridgehead atoms. The van der Waals surface area contributed by atoms with Crippen LogP contribution in [0.1, 0.15) is 6.42 Å². The number of ether oxygens (including phenoxy) is 1. The number of amides is 1. The van der Waals surface area contributed by atoms with Gasteiger partial charge in [-0.1, -0.05) is 0 Å². The highest BCUT2D eigenvalue weighted by Crippen LogP contribution is 2.01. The van der Waals surface area contributed by atoms with Gasteiger partial charge in [-0.05, 0) is 12.5 Å². The van der Waals surface area contributed by atoms with E-state index in [1.54, 1.807) is 6.08 Å². The second-order valence-corrected chi connectivity index (χ2v) is 1.82. The first-order valence-electron chi connectivity index (χ1n) is 2.87. The van der Waals surface area contributed by atoms with Gasteiger partial charge in [0.2, 0.25) is 0 Å². The zero-order valence-electron chi connectivity index (χ0n) is 5.31. The maximum atomic E-state index is 10.7. The lowest BCUT2D eigenvalue weighted by atomic mass is 10.2. The lowest BCUT2D eigenvalue weighted by Gasteiger charge is -2.10. The Hall–Kier alpha value is -0.990. The van der Waals surface area contributed by atoms with Crippen molar-refractivity contribution in [2.45, 2.75) is 6.42 Å². The van der Waals surface area contributed by atoms with Gasteiger partial charge in [-0.3, -0.25) is 4.79 Å². The summed E-state index contributed by atoms with van der Waals surface area (Å²) in [7, 11) is 1.50. The molecule has 1 N–H and O–H groups in total. The first-order valence-corrected chi connectivity index (χ1v) is 2.87. The highest BCUT2D eigenvalue weighted by Gasteiger charge is 2.11. The van der Waals surface area contributed by atoms with Crippen molar-refractivity contribution in [1.29, 1.82) is 0 Å². The first kappa shape index (κ1) is 6.13. The molecule has 0 saturated heterocycles. The van der Waals surface area contributed by atoms with E-state index in [2.05, 4.69) is 5.32 Å². The summed E-state index contributed by atoms with van der Waals surface area (Å²) in [5, 5.41) is 2.65. The molecule has 0 aromatic rings. The number of hydrogen-bond donors (Lipinski definition) is 1. The van der Waals surface area contributed by atoms with Crippen LogP contribution in [-0.4, -0.2) is 19.6 Å². The Kier molecular flexibility index (Phi) is 1.72. The molecule has 0 aromatic heterocycles. The molecule has 0 fully saturated rings. The van der Waals surface area contributed by atoms with Crippen LogP contribution in [0.3, 0.4) is 0 Å². The van der Waals surface area contributed by atoms with Crippen molar-refractivity contribution in [3.63, 3.8) is 0 Å². The van der Waals surface area contributed by atoms with Gasteiger partial charge in [0.15, 0.2) is 5.76 Å². The molecule has 3 nitrogen and oxygen atoms in total. The van der Waals surface area contributed by atoms with Crippen LogP contribution >= 0.6 is 0 Å². The van der Waals surface area contributed by atoms with Crippen molar-refractivity contribution in [3.05, 3.63) is 11.8 Å². The summed E-state index contributed by atoms with van der Waals surface area (Å²) in [5.41, 5.74) is 0. The van der Waals surface area contributed by atoms with Gasteiger partial charge in [0.05, 0.1) is 7.11 Å². The molecule has 9 heavy (non-hydrogen) atoms. The molecule has 0 aliphatic carbocycles. The van der Waals surface area contributed by atoms with E-state index in [1.807, 2.05) is 0 Å². The predicted octanol–water partition coefficient (Wildman–Crippen LogP) is 0.0366. The third-order valence-corrected chi connectivity index (χ3v) is 1.20. The highest BCUT2D eigenvalue weighted by atomic mass is 16.5. The summed E-state index contributed by atoms with van der Waals surface area (Å²) >= 11 is 0. The summed E-state index contributed by atoms with van der Waals surface area (Å²) in [6.45, 7) is 0.728. The molecule has 1 rings (SSSR count). The Labute approximate surface area is 53.7 Å². The van der Waals surface area contributed by atoms with Crippen LogP contribution in [0.2, 0.25) is 0 Å². The van der Waals surface area contributed by atoms with E-state index in [0.717, 1.165) is 13.0 Å². The van der Waals surface area contributed by atoms with Gasteiger partial charge in [-0.15, -0.1) is 0 Å². The van der Waals surface area contributed by atoms with Crippen LogP contribution in [0.15, 0.2) is 11.8 Å². The van der Waals surface area contributed by atoms with Gasteiger partial charge in [-0.2, -0.15) is 0 Å². The molecule has 1 aliphatic rings. The maximum absolute atomic E-state index is 10.7. The fourth-order valence-corrected chi connectivity index (χ4v) is 0.745. The zero-order valence-corrected chi connectivity index (χ0v) is 5.31. The smallest absolute Gasteiger partial charge is 0.286 e. The van der Waals surface area contributed by atoms with E-state index >= 15 is 0 Å². The van der Waals surface area contributed by atoms with Crippen LogP contribution < -0.4 is 5.32 Å². The molecular formula is C6H9NO2. The molecule has 0 saturated carbocycles. The number of nitrogens with one attached hydrogen (secondary N) is 1. The van der Waals surface area contributed by atoms with Crippen LogP contribution in [0, 0.1) is 0 Å². The summed E-state index contributed by atoms with van der Waals surface area (Å²) in [4.78, 5) is 10.7. The molecule has 3 heteroatoms. The lowest BCUT2D eigenvalue weighted by molar-refractivity contribution is -0.120. The Morgan fingerprint density at radius 2 is 2.56 bits per heavy atom. The van der Waals surface area contributed by atoms with E-state index in [4.69, 9.17) is 4.74 Å². The van der Waals surface area contributed by atoms with Gasteiger partial charge < -0.3 is 10.1 Å². The Morgan fingerprint density at radius 3 is 3.00 bits per heavy atom. The topological polar surface area (TPSA) is 38.3 Å². The van der Waals surface area contributed by atoms with Crippen LogP contribution in [0.25, 0.3) is 0 Å². The summed E-state index contributed by atoms with van der Waals surface area (Å²) in [6.07, 6.45) is 2.66. The lowest BCUT2D eigenvalue weighted by Crippen LogP contribution is -2.29. The molecule has 1 aliphatic heterocycles. The third kappa shape index (κ3) is 1.22. The Balaban J connectivity index is 2.64. The Bertz CT molecular complexity index is 151. The predicted molar refractivity (Wildman–Crippen MR) is 32.7 cm³/mol. The highest BCUT2D eigenvalue weighted by molar-refractivity contribution is 5.92. The Morgan fingerprint density at radius 1 is 1.78 bits per heavy atom. The summed E-state index contributed by atoms with van der Waals surface area (Å²) in [6, 6.07) is 0. The molecule has 0 spiro atoms. The van der Waals surface area contributed by atoms with Crippen molar-refractivity contribution in [2.24, 2.45) is 0 Å². The third-order valence-electron chi connectivity index (χ3n) is 1.20. The SMILES string of the molecule is COC1=CCCNC1=O. The second kappa shape index (κ2) is 2.53. The monoisotopic (exact) mass is 127 g/mol. The molecule has 0 unspecified atom stereocenters. The summed E-state index contributed by atoms with van der Waals surface area (Å²) < 4.78 is 4.75. The van der Waals surface area contributed by atoms with Gasteiger partial charge in [0.25, 0.3) is 5.91 Å². The van der Waals surface area contributed by atoms with E-state index in [9.17, 15) is 4.79 Å². The quantitative estimate of drug-likeness (QED) is 0.540. The van der Waals surface area contributed by atoms with Gasteiger partial charge in [0, 0.05) is 6.54 Å². The molecule has 0 aromatic carbocycles. The normalized spacial score (nSPS) is 18.3. The van der Waals surface area contributed by atoms with E-state index in [1.165, 1.54) is 7.11 Å². The van der Waals surface area contributed by atoms with Crippen molar-refractivity contribution >= 4 is 5.91 Å². The first-order chi connectivity index (χ1) is 4.34. The fraction of sp³-hybridized carbons (Fsp3) is 0.500. The molecule has 50 valence electrons. The molecule has 0 atom stereocenters. The number of carbonyl (C=O) groups is 1. The average Bonchev–Trinajstić information content (AvgIpc) is 1.89. The van der Waals surface area contributed by atoms with Crippen LogP contribution in [0.4, 0.5) is 0 Å². The van der Waals surface area contributed by atoms with Gasteiger partial charge >= 0.3 is 0 Å². The van der Waals surface area contributed by atoms with E-state index in [-0.39, 0.29) is 5.91 Å². The molecule has 1 heterocycles. The number of methoxy groups -OCH3 is 1. The minimum Gasteiger partial charge on any atom is -0.491 e. The summed E-state index contributed by atoms with van der Waals surface area (Å²) in [5.74, 6) is 0.324. The van der Waals surface area contributed by atoms with Crippen molar-refractivity contribution < 1.29 is 9.53 Å². The minimum atomic E-state index is -0.108. The van der Waals surface area contributed by atoms with E-state index < -0.39 is 0 Å². The maximum Gasteiger partial charge on any atom is 0.286 e. The van der Waals surface area contributed by atoms with Crippen LogP contribution in [0.5, 0.6) is 0 Å². The fourth-order valence-electron chi connectivity index (χ4n) is 0.745. The van der Waals surface area contributed by atoms with Crippen LogP contribution in [-0.2, 0) is 9.53 Å². The zero-order chi connectivity index (χ0) is 6.69. The molecule has 0 radical (unpaired) electrons. The number of hydrogen-bond acceptors (Lipinski definition) is 2. The number of rotatable bonds is 1. The minimum absolute atomic E-state index is 0.108. The largest absolute Gasteiger partial charge is 0.491 e. The number of carbonyl (C=O) groups excluding carboxylic acids is 1. The average molecular weight is 127 g/mol. The molecular weight excluding hydrogens is 118 g/mol. The van der Waals surface area contributed by atoms with Crippen molar-refractivity contribution in [1.82, 2.24) is 5.32 Å². The second-order valence-electron chi connectivity index (χ2n) is 1.82. The van der Waals surface area contributed by atoms with Crippen molar-refractivity contribution in [2.75, 3.05) is 13.7 Å². The van der Waals surface area contributed by atoms with Crippen molar-refractivity contribution in [3.8, 4) is 0 Å². The van der Waals surface area contributed by atoms with Gasteiger partial charge in [0.1, 0.15) is 0 Å². The van der Waals surface area contributed by atoms with E-state index in [0.29, 0.717) is 5.76 Å². The standard InChI is InChI=1S/C6H9NO2/c1-9-5-3-2-4-7-6(5)8/h3H,2,4H2,1H3,(H,7,8). The molecule has 1 amide bonds. The van der Waals surface area contributed by atoms with Gasteiger partial charge in [-0.25, -0.2) is 0 Å².